The van der Waals surface area contributed by atoms with Crippen LogP contribution in [0.2, 0.25) is 0 Å². The summed E-state index contributed by atoms with van der Waals surface area (Å²) in [6.07, 6.45) is 5.77. The number of nitrogens with zero attached hydrogens (tertiary/aromatic N) is 2. The molecule has 0 aromatic heterocycles. The summed E-state index contributed by atoms with van der Waals surface area (Å²) in [6, 6.07) is 10.3. The van der Waals surface area contributed by atoms with Crippen LogP contribution >= 0.6 is 0 Å². The van der Waals surface area contributed by atoms with Crippen molar-refractivity contribution in [2.24, 2.45) is 5.41 Å². The van der Waals surface area contributed by atoms with Gasteiger partial charge in [-0.25, -0.2) is 0 Å². The molecule has 1 spiro atoms. The Morgan fingerprint density at radius 2 is 1.76 bits per heavy atom. The Morgan fingerprint density at radius 3 is 2.57 bits per heavy atom. The van der Waals surface area contributed by atoms with Crippen LogP contribution in [-0.4, -0.2) is 49.8 Å². The first-order valence-electron chi connectivity index (χ1n) is 13.5. The average Bonchev–Trinajstić information content (AvgIpc) is 3.03. The van der Waals surface area contributed by atoms with Gasteiger partial charge in [0, 0.05) is 62.2 Å². The molecule has 4 aliphatic rings. The van der Waals surface area contributed by atoms with Crippen molar-refractivity contribution in [3.8, 4) is 0 Å². The van der Waals surface area contributed by atoms with Crippen LogP contribution in [0.15, 0.2) is 53.8 Å². The van der Waals surface area contributed by atoms with Crippen LogP contribution in [0.4, 0.5) is 18.9 Å². The van der Waals surface area contributed by atoms with Crippen LogP contribution in [0.1, 0.15) is 60.9 Å². The van der Waals surface area contributed by atoms with Crippen molar-refractivity contribution in [1.82, 2.24) is 4.90 Å². The summed E-state index contributed by atoms with van der Waals surface area (Å²) in [4.78, 5) is 17.3. The number of rotatable bonds is 4. The zero-order valence-corrected chi connectivity index (χ0v) is 21.1. The molecule has 3 aliphatic carbocycles. The van der Waals surface area contributed by atoms with E-state index in [-0.39, 0.29) is 17.0 Å². The molecular weight excluding hydrogens is 477 g/mol. The lowest BCUT2D eigenvalue weighted by Gasteiger charge is -2.43. The minimum absolute atomic E-state index is 0.0470. The van der Waals surface area contributed by atoms with Gasteiger partial charge in [-0.15, -0.1) is 13.2 Å². The van der Waals surface area contributed by atoms with Crippen molar-refractivity contribution in [3.63, 3.8) is 0 Å². The highest BCUT2D eigenvalue weighted by atomic mass is 19.4. The fourth-order valence-electron chi connectivity index (χ4n) is 7.04. The first-order valence-corrected chi connectivity index (χ1v) is 13.5. The quantitative estimate of drug-likeness (QED) is 0.453. The van der Waals surface area contributed by atoms with Gasteiger partial charge in [-0.1, -0.05) is 49.6 Å². The second-order valence-electron chi connectivity index (χ2n) is 11.1. The van der Waals surface area contributed by atoms with Gasteiger partial charge in [-0.3, -0.25) is 9.69 Å². The van der Waals surface area contributed by atoms with Gasteiger partial charge < -0.3 is 9.64 Å². The number of ether oxygens (including phenoxy) is 1. The molecule has 2 aromatic rings. The number of carbonyl (C=O) groups excluding carboxylic acids is 1. The highest BCUT2D eigenvalue weighted by molar-refractivity contribution is 6.17. The molecule has 0 amide bonds. The number of Topliss-reactive ketones (excluding diaryl/α,β-unsaturated/α-hetero) is 1. The molecule has 1 heterocycles. The smallest absolute Gasteiger partial charge is 0.410 e. The van der Waals surface area contributed by atoms with Gasteiger partial charge in [0.25, 0.3) is 0 Å². The molecular formula is C30H33F3N2O2. The number of allylic oxidation sites excluding steroid dienone is 3. The molecule has 0 atom stereocenters. The minimum Gasteiger partial charge on any atom is -0.410 e. The summed E-state index contributed by atoms with van der Waals surface area (Å²) in [5.74, 6) is 0.251. The lowest BCUT2D eigenvalue weighted by atomic mass is 9.65. The third-order valence-electron chi connectivity index (χ3n) is 8.80. The van der Waals surface area contributed by atoms with E-state index in [4.69, 9.17) is 0 Å². The van der Waals surface area contributed by atoms with E-state index in [0.29, 0.717) is 12.8 Å². The van der Waals surface area contributed by atoms with E-state index in [2.05, 4.69) is 32.7 Å². The van der Waals surface area contributed by atoms with E-state index in [1.54, 1.807) is 6.08 Å². The molecule has 6 rings (SSSR count). The fraction of sp³-hybridized carbons (Fsp3) is 0.500. The fourth-order valence-corrected chi connectivity index (χ4v) is 7.04. The maximum atomic E-state index is 12.9. The Bertz CT molecular complexity index is 1270. The Kier molecular flexibility index (Phi) is 6.30. The van der Waals surface area contributed by atoms with E-state index < -0.39 is 6.36 Å². The second kappa shape index (κ2) is 9.50. The number of anilines is 1. The number of alkyl halides is 3. The third-order valence-corrected chi connectivity index (χ3v) is 8.80. The first-order chi connectivity index (χ1) is 17.8. The maximum Gasteiger partial charge on any atom is 0.572 e. The largest absolute Gasteiger partial charge is 0.572 e. The number of halogens is 3. The Labute approximate surface area is 215 Å². The van der Waals surface area contributed by atoms with Crippen LogP contribution in [-0.2, 0) is 11.2 Å². The number of benzene rings is 2. The minimum atomic E-state index is -4.64. The van der Waals surface area contributed by atoms with Crippen LogP contribution in [0.3, 0.4) is 0 Å². The van der Waals surface area contributed by atoms with Gasteiger partial charge in [0.1, 0.15) is 5.76 Å². The zero-order valence-electron chi connectivity index (χ0n) is 21.1. The molecule has 7 heteroatoms. The van der Waals surface area contributed by atoms with Gasteiger partial charge in [-0.2, -0.15) is 0 Å². The molecule has 0 bridgehead atoms. The first kappa shape index (κ1) is 24.5. The number of ketones is 1. The molecule has 1 saturated heterocycles. The van der Waals surface area contributed by atoms with Crippen molar-refractivity contribution in [1.29, 1.82) is 0 Å². The molecule has 2 fully saturated rings. The Morgan fingerprint density at radius 1 is 0.919 bits per heavy atom. The van der Waals surface area contributed by atoms with E-state index in [0.717, 1.165) is 93.1 Å². The summed E-state index contributed by atoms with van der Waals surface area (Å²) >= 11 is 0. The maximum absolute atomic E-state index is 12.9. The van der Waals surface area contributed by atoms with Crippen molar-refractivity contribution >= 4 is 22.2 Å². The van der Waals surface area contributed by atoms with Gasteiger partial charge >= 0.3 is 6.36 Å². The molecule has 196 valence electrons. The highest BCUT2D eigenvalue weighted by Crippen LogP contribution is 2.50. The normalized spacial score (nSPS) is 22.2. The number of hydrogen-bond acceptors (Lipinski definition) is 4. The zero-order chi connectivity index (χ0) is 25.6. The average molecular weight is 511 g/mol. The van der Waals surface area contributed by atoms with Crippen molar-refractivity contribution in [3.05, 3.63) is 64.9 Å². The van der Waals surface area contributed by atoms with Crippen LogP contribution < -0.4 is 4.90 Å². The summed E-state index contributed by atoms with van der Waals surface area (Å²) in [6.45, 7) is 4.47. The van der Waals surface area contributed by atoms with Crippen LogP contribution in [0, 0.1) is 5.41 Å². The summed E-state index contributed by atoms with van der Waals surface area (Å²) < 4.78 is 43.2. The molecule has 0 radical (unpaired) electrons. The predicted molar refractivity (Wildman–Crippen MR) is 139 cm³/mol. The topological polar surface area (TPSA) is 32.8 Å². The van der Waals surface area contributed by atoms with Gasteiger partial charge in [-0.05, 0) is 53.3 Å². The summed E-state index contributed by atoms with van der Waals surface area (Å²) in [5.41, 5.74) is 4.20. The van der Waals surface area contributed by atoms with Gasteiger partial charge in [0.15, 0.2) is 5.78 Å². The Balaban J connectivity index is 1.20. The van der Waals surface area contributed by atoms with Crippen molar-refractivity contribution in [2.45, 2.75) is 57.7 Å². The molecule has 2 aromatic carbocycles. The SMILES string of the molecule is O=C1Cc2ccc(N3CCCN(CC4=CC=C(OC(F)(F)F)CC45CCCCC5)CC3)c3cccc1c23. The second-order valence-corrected chi connectivity index (χ2v) is 11.1. The van der Waals surface area contributed by atoms with Gasteiger partial charge in [0.2, 0.25) is 0 Å². The van der Waals surface area contributed by atoms with E-state index >= 15 is 0 Å². The van der Waals surface area contributed by atoms with E-state index in [1.807, 2.05) is 18.2 Å². The monoisotopic (exact) mass is 510 g/mol. The number of carbonyl (C=O) groups is 1. The third kappa shape index (κ3) is 4.78. The van der Waals surface area contributed by atoms with Crippen molar-refractivity contribution in [2.75, 3.05) is 37.6 Å². The molecule has 0 N–H and O–H groups in total. The van der Waals surface area contributed by atoms with Gasteiger partial charge in [0.05, 0.1) is 0 Å². The molecule has 4 nitrogen and oxygen atoms in total. The Hall–Kier alpha value is -2.80. The van der Waals surface area contributed by atoms with E-state index in [1.165, 1.54) is 11.3 Å². The molecule has 37 heavy (non-hydrogen) atoms. The lowest BCUT2D eigenvalue weighted by Crippen LogP contribution is -2.38. The lowest BCUT2D eigenvalue weighted by molar-refractivity contribution is -0.307. The molecule has 1 saturated carbocycles. The van der Waals surface area contributed by atoms with Crippen LogP contribution in [0.5, 0.6) is 0 Å². The van der Waals surface area contributed by atoms with Crippen molar-refractivity contribution < 1.29 is 22.7 Å². The summed E-state index contributed by atoms with van der Waals surface area (Å²) in [5, 5.41) is 2.27. The summed E-state index contributed by atoms with van der Waals surface area (Å²) in [7, 11) is 0. The van der Waals surface area contributed by atoms with Crippen LogP contribution in [0.25, 0.3) is 10.8 Å². The predicted octanol–water partition coefficient (Wildman–Crippen LogP) is 6.79. The van der Waals surface area contributed by atoms with E-state index in [9.17, 15) is 18.0 Å². The molecule has 1 aliphatic heterocycles. The number of hydrogen-bond donors (Lipinski definition) is 0. The molecule has 0 unspecified atom stereocenters. The highest BCUT2D eigenvalue weighted by Gasteiger charge is 2.42. The standard InChI is InChI=1S/C30H33F3N2O2/c31-30(32,33)37-23-10-9-22(29(19-23)12-2-1-3-13-29)20-34-14-5-15-35(17-16-34)26-11-8-21-18-27(36)25-7-4-6-24(26)28(21)25/h4,6-11H,1-3,5,12-20H2.